The van der Waals surface area contributed by atoms with E-state index in [1.807, 2.05) is 0 Å². The molecule has 0 fully saturated rings. The molecule has 0 nitrogen and oxygen atoms in total. The summed E-state index contributed by atoms with van der Waals surface area (Å²) in [7, 11) is 0. The minimum Gasteiger partial charge on any atom is -0.0622 e. The molecule has 0 atom stereocenters. The lowest BCUT2D eigenvalue weighted by Gasteiger charge is -2.18. The largest absolute Gasteiger partial charge is 0.0622 e. The average Bonchev–Trinajstić information content (AvgIpc) is 3.16. The SMILES string of the molecule is C(=Cc1cc(C=Cc2ccccc2)c2ccc3c(/C=C/c4ccccc4)cc(C=Cc4ccccc4)c4ccc1c2c43)c1ccccc1. The third-order valence-corrected chi connectivity index (χ3v) is 9.05. The first-order chi connectivity index (χ1) is 23.8. The quantitative estimate of drug-likeness (QED) is 0.119. The molecule has 0 unspecified atom stereocenters. The lowest BCUT2D eigenvalue weighted by Crippen LogP contribution is -1.93. The maximum Gasteiger partial charge on any atom is -0.00143 e. The van der Waals surface area contributed by atoms with Gasteiger partial charge in [0.25, 0.3) is 0 Å². The first-order valence-electron chi connectivity index (χ1n) is 16.5. The van der Waals surface area contributed by atoms with Gasteiger partial charge in [0.05, 0.1) is 0 Å². The summed E-state index contributed by atoms with van der Waals surface area (Å²) < 4.78 is 0. The van der Waals surface area contributed by atoms with Crippen molar-refractivity contribution in [2.45, 2.75) is 0 Å². The highest BCUT2D eigenvalue weighted by Gasteiger charge is 2.16. The Hall–Kier alpha value is -6.24. The van der Waals surface area contributed by atoms with Crippen LogP contribution in [0, 0.1) is 0 Å². The van der Waals surface area contributed by atoms with Crippen molar-refractivity contribution in [1.82, 2.24) is 0 Å². The molecule has 0 aliphatic heterocycles. The van der Waals surface area contributed by atoms with Crippen LogP contribution in [0.1, 0.15) is 44.5 Å². The Balaban J connectivity index is 1.40. The van der Waals surface area contributed by atoms with E-state index in [0.717, 1.165) is 0 Å². The van der Waals surface area contributed by atoms with Crippen LogP contribution in [-0.2, 0) is 0 Å². The summed E-state index contributed by atoms with van der Waals surface area (Å²) in [5.74, 6) is 0. The molecule has 0 heteroatoms. The van der Waals surface area contributed by atoms with Gasteiger partial charge in [-0.05, 0) is 89.0 Å². The Morgan fingerprint density at radius 3 is 0.688 bits per heavy atom. The third kappa shape index (κ3) is 6.00. The predicted molar refractivity (Wildman–Crippen MR) is 212 cm³/mol. The molecular formula is C48H34. The zero-order valence-corrected chi connectivity index (χ0v) is 26.6. The molecule has 0 saturated carbocycles. The van der Waals surface area contributed by atoms with Gasteiger partial charge < -0.3 is 0 Å². The normalized spacial score (nSPS) is 12.2. The molecule has 0 aliphatic carbocycles. The molecule has 226 valence electrons. The third-order valence-electron chi connectivity index (χ3n) is 9.05. The molecule has 8 aromatic carbocycles. The molecule has 0 spiro atoms. The Bertz CT molecular complexity index is 2100. The Morgan fingerprint density at radius 2 is 0.458 bits per heavy atom. The minimum atomic E-state index is 1.19. The molecule has 48 heavy (non-hydrogen) atoms. The van der Waals surface area contributed by atoms with Crippen LogP contribution in [0.4, 0.5) is 0 Å². The van der Waals surface area contributed by atoms with E-state index >= 15 is 0 Å². The van der Waals surface area contributed by atoms with Crippen molar-refractivity contribution in [3.8, 4) is 0 Å². The Morgan fingerprint density at radius 1 is 0.229 bits per heavy atom. The summed E-state index contributed by atoms with van der Waals surface area (Å²) in [4.78, 5) is 0. The van der Waals surface area contributed by atoms with Crippen molar-refractivity contribution in [1.29, 1.82) is 0 Å². The van der Waals surface area contributed by atoms with Crippen LogP contribution in [0.2, 0.25) is 0 Å². The molecule has 0 radical (unpaired) electrons. The van der Waals surface area contributed by atoms with Crippen LogP contribution in [0.15, 0.2) is 158 Å². The van der Waals surface area contributed by atoms with E-state index < -0.39 is 0 Å². The van der Waals surface area contributed by atoms with Gasteiger partial charge in [-0.2, -0.15) is 0 Å². The fraction of sp³-hybridized carbons (Fsp3) is 0. The first kappa shape index (κ1) is 29.2. The number of hydrogen-bond acceptors (Lipinski definition) is 0. The zero-order valence-electron chi connectivity index (χ0n) is 26.6. The monoisotopic (exact) mass is 610 g/mol. The maximum atomic E-state index is 2.34. The molecule has 0 saturated heterocycles. The Labute approximate surface area is 282 Å². The molecule has 0 aromatic heterocycles. The lowest BCUT2D eigenvalue weighted by atomic mass is 9.85. The second kappa shape index (κ2) is 13.2. The highest BCUT2D eigenvalue weighted by atomic mass is 14.2. The van der Waals surface area contributed by atoms with Gasteiger partial charge in [-0.25, -0.2) is 0 Å². The summed E-state index contributed by atoms with van der Waals surface area (Å²) in [6.07, 6.45) is 18.0. The average molecular weight is 611 g/mol. The van der Waals surface area contributed by atoms with Gasteiger partial charge in [0.2, 0.25) is 0 Å². The van der Waals surface area contributed by atoms with Gasteiger partial charge in [0.1, 0.15) is 0 Å². The summed E-state index contributed by atoms with van der Waals surface area (Å²) in [5, 5.41) is 7.64. The van der Waals surface area contributed by atoms with Gasteiger partial charge in [-0.3, -0.25) is 0 Å². The zero-order chi connectivity index (χ0) is 32.1. The Kier molecular flexibility index (Phi) is 8.05. The standard InChI is InChI=1S/C48H34/c1-5-13-35(14-6-1)21-25-39-33-40(26-22-36-15-7-2-8-16-36)44-31-32-46-42(28-24-38-19-11-4-12-20-38)34-41(27-23-37-17-9-3-10-18-37)45-30-29-43(39)47(44)48(45)46/h1-34H/b25-21+,26-22?,27-23?,28-24?. The molecule has 8 rings (SSSR count). The van der Waals surface area contributed by atoms with Gasteiger partial charge in [-0.15, -0.1) is 0 Å². The summed E-state index contributed by atoms with van der Waals surface area (Å²) in [6.45, 7) is 0. The van der Waals surface area contributed by atoms with Crippen LogP contribution in [0.5, 0.6) is 0 Å². The second-order valence-electron chi connectivity index (χ2n) is 12.2. The van der Waals surface area contributed by atoms with E-state index in [0.29, 0.717) is 0 Å². The van der Waals surface area contributed by atoms with Gasteiger partial charge >= 0.3 is 0 Å². The van der Waals surface area contributed by atoms with Crippen LogP contribution in [0.3, 0.4) is 0 Å². The van der Waals surface area contributed by atoms with Crippen molar-refractivity contribution in [2.75, 3.05) is 0 Å². The molecule has 0 N–H and O–H groups in total. The molecule has 8 aromatic rings. The summed E-state index contributed by atoms with van der Waals surface area (Å²) >= 11 is 0. The van der Waals surface area contributed by atoms with E-state index in [1.165, 1.54) is 76.8 Å². The van der Waals surface area contributed by atoms with E-state index in [4.69, 9.17) is 0 Å². The van der Waals surface area contributed by atoms with Crippen molar-refractivity contribution >= 4 is 80.9 Å². The molecular weight excluding hydrogens is 577 g/mol. The topological polar surface area (TPSA) is 0 Å². The molecule has 0 bridgehead atoms. The fourth-order valence-electron chi connectivity index (χ4n) is 6.66. The van der Waals surface area contributed by atoms with Crippen LogP contribution in [0.25, 0.3) is 80.9 Å². The van der Waals surface area contributed by atoms with E-state index in [2.05, 4.69) is 206 Å². The highest BCUT2D eigenvalue weighted by molar-refractivity contribution is 6.28. The maximum absolute atomic E-state index is 2.34. The number of hydrogen-bond donors (Lipinski definition) is 0. The first-order valence-corrected chi connectivity index (χ1v) is 16.5. The molecule has 0 amide bonds. The van der Waals surface area contributed by atoms with Crippen LogP contribution in [-0.4, -0.2) is 0 Å². The second-order valence-corrected chi connectivity index (χ2v) is 12.2. The number of benzene rings is 8. The number of rotatable bonds is 8. The van der Waals surface area contributed by atoms with Gasteiger partial charge in [-0.1, -0.05) is 194 Å². The van der Waals surface area contributed by atoms with Crippen LogP contribution < -0.4 is 0 Å². The highest BCUT2D eigenvalue weighted by Crippen LogP contribution is 2.42. The predicted octanol–water partition coefficient (Wildman–Crippen LogP) is 13.3. The summed E-state index contributed by atoms with van der Waals surface area (Å²) in [5.41, 5.74) is 9.58. The van der Waals surface area contributed by atoms with E-state index in [1.54, 1.807) is 0 Å². The van der Waals surface area contributed by atoms with Crippen molar-refractivity contribution < 1.29 is 0 Å². The van der Waals surface area contributed by atoms with E-state index in [9.17, 15) is 0 Å². The summed E-state index contributed by atoms with van der Waals surface area (Å²) in [6, 6.07) is 56.1. The van der Waals surface area contributed by atoms with Gasteiger partial charge in [0, 0.05) is 0 Å². The van der Waals surface area contributed by atoms with Gasteiger partial charge in [0.15, 0.2) is 0 Å². The van der Waals surface area contributed by atoms with Crippen molar-refractivity contribution in [3.63, 3.8) is 0 Å². The van der Waals surface area contributed by atoms with Crippen molar-refractivity contribution in [2.24, 2.45) is 0 Å². The van der Waals surface area contributed by atoms with Crippen LogP contribution >= 0.6 is 0 Å². The minimum absolute atomic E-state index is 1.19. The molecule has 0 heterocycles. The van der Waals surface area contributed by atoms with Crippen molar-refractivity contribution in [3.05, 3.63) is 202 Å². The lowest BCUT2D eigenvalue weighted by molar-refractivity contribution is 1.65. The molecule has 0 aliphatic rings. The fourth-order valence-corrected chi connectivity index (χ4v) is 6.66. The van der Waals surface area contributed by atoms with E-state index in [-0.39, 0.29) is 0 Å². The smallest absolute Gasteiger partial charge is 0.00143 e.